The Kier molecular flexibility index (Phi) is 5.45. The number of pyridine rings is 1. The van der Waals surface area contributed by atoms with Gasteiger partial charge < -0.3 is 10.6 Å². The summed E-state index contributed by atoms with van der Waals surface area (Å²) < 4.78 is 0. The van der Waals surface area contributed by atoms with E-state index in [1.54, 1.807) is 48.7 Å². The fourth-order valence-corrected chi connectivity index (χ4v) is 1.82. The van der Waals surface area contributed by atoms with Gasteiger partial charge in [0.05, 0.1) is 23.5 Å². The second-order valence-electron chi connectivity index (χ2n) is 4.48. The second kappa shape index (κ2) is 7.96. The van der Waals surface area contributed by atoms with Crippen LogP contribution in [0.3, 0.4) is 0 Å². The number of allylic oxidation sites excluding steroid dienone is 1. The van der Waals surface area contributed by atoms with Crippen molar-refractivity contribution < 1.29 is 4.79 Å². The maximum absolute atomic E-state index is 12.3. The van der Waals surface area contributed by atoms with Crippen LogP contribution in [-0.4, -0.2) is 10.9 Å². The summed E-state index contributed by atoms with van der Waals surface area (Å²) in [5.74, 6) is -0.275. The van der Waals surface area contributed by atoms with Gasteiger partial charge in [-0.25, -0.2) is 0 Å². The lowest BCUT2D eigenvalue weighted by atomic mass is 10.1. The Morgan fingerprint density at radius 2 is 1.87 bits per heavy atom. The van der Waals surface area contributed by atoms with Crippen LogP contribution in [0.4, 0.5) is 5.69 Å². The van der Waals surface area contributed by atoms with Crippen LogP contribution in [0.25, 0.3) is 0 Å². The van der Waals surface area contributed by atoms with Crippen LogP contribution in [0.5, 0.6) is 0 Å². The van der Waals surface area contributed by atoms with Crippen molar-refractivity contribution in [3.05, 3.63) is 71.7 Å². The highest BCUT2D eigenvalue weighted by Gasteiger charge is 2.10. The third kappa shape index (κ3) is 4.42. The molecule has 6 nitrogen and oxygen atoms in total. The van der Waals surface area contributed by atoms with Gasteiger partial charge in [0.25, 0.3) is 5.91 Å². The van der Waals surface area contributed by atoms with Gasteiger partial charge in [-0.1, -0.05) is 18.2 Å². The molecule has 0 saturated carbocycles. The monoisotopic (exact) mass is 303 g/mol. The first-order valence-corrected chi connectivity index (χ1v) is 6.78. The lowest BCUT2D eigenvalue weighted by molar-refractivity contribution is 0.0951. The molecule has 0 fully saturated rings. The van der Waals surface area contributed by atoms with Gasteiger partial charge in [0.15, 0.2) is 0 Å². The zero-order valence-electron chi connectivity index (χ0n) is 12.2. The van der Waals surface area contributed by atoms with E-state index in [1.165, 1.54) is 6.20 Å². The number of aromatic nitrogens is 1. The summed E-state index contributed by atoms with van der Waals surface area (Å²) in [7, 11) is 0. The van der Waals surface area contributed by atoms with E-state index in [9.17, 15) is 4.79 Å². The molecular formula is C17H13N5O. The summed E-state index contributed by atoms with van der Waals surface area (Å²) in [4.78, 5) is 16.4. The van der Waals surface area contributed by atoms with Crippen LogP contribution >= 0.6 is 0 Å². The van der Waals surface area contributed by atoms with E-state index in [0.717, 1.165) is 5.69 Å². The normalized spacial score (nSPS) is 9.13. The first-order valence-electron chi connectivity index (χ1n) is 6.78. The van der Waals surface area contributed by atoms with Gasteiger partial charge in [-0.15, -0.1) is 0 Å². The molecule has 23 heavy (non-hydrogen) atoms. The van der Waals surface area contributed by atoms with Crippen molar-refractivity contribution in [3.8, 4) is 12.1 Å². The standard InChI is InChI=1S/C17H13N5O/c18-9-13(10-19)11-21-16-7-2-1-6-15(16)17(23)22-12-14-5-3-4-8-20-14/h1-8,11,21H,12H2,(H,22,23). The number of carbonyl (C=O) groups is 1. The van der Waals surface area contributed by atoms with E-state index in [1.807, 2.05) is 12.1 Å². The van der Waals surface area contributed by atoms with Gasteiger partial charge in [0, 0.05) is 12.4 Å². The van der Waals surface area contributed by atoms with E-state index >= 15 is 0 Å². The molecule has 0 atom stereocenters. The molecule has 0 aliphatic rings. The Balaban J connectivity index is 2.10. The van der Waals surface area contributed by atoms with Crippen molar-refractivity contribution in [1.82, 2.24) is 10.3 Å². The molecule has 0 spiro atoms. The third-order valence-electron chi connectivity index (χ3n) is 2.94. The Morgan fingerprint density at radius 3 is 2.57 bits per heavy atom. The summed E-state index contributed by atoms with van der Waals surface area (Å²) in [6.07, 6.45) is 2.93. The van der Waals surface area contributed by atoms with Gasteiger partial charge in [0.1, 0.15) is 17.7 Å². The Hall–Kier alpha value is -3.64. The van der Waals surface area contributed by atoms with E-state index in [2.05, 4.69) is 15.6 Å². The van der Waals surface area contributed by atoms with Crippen LogP contribution in [-0.2, 0) is 6.54 Å². The number of nitrogens with zero attached hydrogens (tertiary/aromatic N) is 3. The quantitative estimate of drug-likeness (QED) is 0.825. The fourth-order valence-electron chi connectivity index (χ4n) is 1.82. The highest BCUT2D eigenvalue weighted by Crippen LogP contribution is 2.15. The van der Waals surface area contributed by atoms with Gasteiger partial charge in [-0.2, -0.15) is 10.5 Å². The maximum atomic E-state index is 12.3. The zero-order chi connectivity index (χ0) is 16.5. The molecule has 0 aliphatic carbocycles. The third-order valence-corrected chi connectivity index (χ3v) is 2.94. The molecule has 0 bridgehead atoms. The molecule has 2 aromatic rings. The van der Waals surface area contributed by atoms with Crippen LogP contribution in [0, 0.1) is 22.7 Å². The van der Waals surface area contributed by atoms with Crippen molar-refractivity contribution >= 4 is 11.6 Å². The Morgan fingerprint density at radius 1 is 1.13 bits per heavy atom. The van der Waals surface area contributed by atoms with Crippen molar-refractivity contribution in [2.75, 3.05) is 5.32 Å². The van der Waals surface area contributed by atoms with Crippen molar-refractivity contribution in [3.63, 3.8) is 0 Å². The molecule has 2 N–H and O–H groups in total. The van der Waals surface area contributed by atoms with E-state index < -0.39 is 0 Å². The maximum Gasteiger partial charge on any atom is 0.253 e. The molecule has 1 heterocycles. The number of carbonyl (C=O) groups excluding carboxylic acids is 1. The van der Waals surface area contributed by atoms with E-state index in [4.69, 9.17) is 10.5 Å². The van der Waals surface area contributed by atoms with Crippen LogP contribution in [0.15, 0.2) is 60.4 Å². The summed E-state index contributed by atoms with van der Waals surface area (Å²) in [5, 5.41) is 23.0. The Labute approximate surface area is 133 Å². The summed E-state index contributed by atoms with van der Waals surface area (Å²) in [6, 6.07) is 15.8. The molecule has 0 saturated heterocycles. The molecule has 0 radical (unpaired) electrons. The van der Waals surface area contributed by atoms with Crippen molar-refractivity contribution in [1.29, 1.82) is 10.5 Å². The number of nitriles is 2. The number of para-hydroxylation sites is 1. The van der Waals surface area contributed by atoms with E-state index in [0.29, 0.717) is 17.8 Å². The highest BCUT2D eigenvalue weighted by molar-refractivity contribution is 5.99. The molecule has 1 aromatic carbocycles. The first-order chi connectivity index (χ1) is 11.2. The molecule has 1 amide bonds. The molecule has 0 aliphatic heterocycles. The summed E-state index contributed by atoms with van der Waals surface area (Å²) in [5.41, 5.74) is 1.60. The minimum Gasteiger partial charge on any atom is -0.359 e. The number of hydrogen-bond donors (Lipinski definition) is 2. The number of amides is 1. The largest absolute Gasteiger partial charge is 0.359 e. The second-order valence-corrected chi connectivity index (χ2v) is 4.48. The lowest BCUT2D eigenvalue weighted by Gasteiger charge is -2.09. The molecular weight excluding hydrogens is 290 g/mol. The SMILES string of the molecule is N#CC(C#N)=CNc1ccccc1C(=O)NCc1ccccn1. The van der Waals surface area contributed by atoms with Gasteiger partial charge in [0.2, 0.25) is 0 Å². The summed E-state index contributed by atoms with van der Waals surface area (Å²) >= 11 is 0. The average molecular weight is 303 g/mol. The zero-order valence-corrected chi connectivity index (χ0v) is 12.2. The van der Waals surface area contributed by atoms with Gasteiger partial charge >= 0.3 is 0 Å². The average Bonchev–Trinajstić information content (AvgIpc) is 2.62. The van der Waals surface area contributed by atoms with Gasteiger partial charge in [-0.3, -0.25) is 9.78 Å². The Bertz CT molecular complexity index is 784. The predicted molar refractivity (Wildman–Crippen MR) is 84.8 cm³/mol. The molecule has 2 rings (SSSR count). The van der Waals surface area contributed by atoms with Crippen LogP contribution in [0.2, 0.25) is 0 Å². The summed E-state index contributed by atoms with van der Waals surface area (Å²) in [6.45, 7) is 0.311. The van der Waals surface area contributed by atoms with Crippen molar-refractivity contribution in [2.45, 2.75) is 6.54 Å². The van der Waals surface area contributed by atoms with Gasteiger partial charge in [-0.05, 0) is 24.3 Å². The number of rotatable bonds is 5. The number of benzene rings is 1. The minimum absolute atomic E-state index is 0.0753. The fraction of sp³-hybridized carbons (Fsp3) is 0.0588. The molecule has 112 valence electrons. The number of nitrogens with one attached hydrogen (secondary N) is 2. The lowest BCUT2D eigenvalue weighted by Crippen LogP contribution is -2.24. The molecule has 6 heteroatoms. The van der Waals surface area contributed by atoms with Crippen LogP contribution < -0.4 is 10.6 Å². The number of hydrogen-bond acceptors (Lipinski definition) is 5. The topological polar surface area (TPSA) is 102 Å². The molecule has 1 aromatic heterocycles. The van der Waals surface area contributed by atoms with Crippen molar-refractivity contribution in [2.24, 2.45) is 0 Å². The highest BCUT2D eigenvalue weighted by atomic mass is 16.1. The smallest absolute Gasteiger partial charge is 0.253 e. The minimum atomic E-state index is -0.275. The number of anilines is 1. The van der Waals surface area contributed by atoms with E-state index in [-0.39, 0.29) is 11.5 Å². The first kappa shape index (κ1) is 15.7. The predicted octanol–water partition coefficient (Wildman–Crippen LogP) is 2.35. The van der Waals surface area contributed by atoms with Crippen LogP contribution in [0.1, 0.15) is 16.1 Å². The molecule has 0 unspecified atom stereocenters.